The summed E-state index contributed by atoms with van der Waals surface area (Å²) in [6, 6.07) is 7.10. The molecule has 2 rings (SSSR count). The van der Waals surface area contributed by atoms with E-state index in [1.165, 1.54) is 0 Å². The third-order valence-corrected chi connectivity index (χ3v) is 2.32. The second-order valence-corrected chi connectivity index (χ2v) is 3.89. The normalized spacial score (nSPS) is 19.8. The van der Waals surface area contributed by atoms with Crippen molar-refractivity contribution >= 4 is 0 Å². The maximum absolute atomic E-state index is 9.11. The van der Waals surface area contributed by atoms with Gasteiger partial charge in [-0.1, -0.05) is 0 Å². The van der Waals surface area contributed by atoms with Gasteiger partial charge in [-0.25, -0.2) is 0 Å². The van der Waals surface area contributed by atoms with Crippen molar-refractivity contribution in [2.75, 3.05) is 26.4 Å². The maximum atomic E-state index is 9.11. The first-order valence-electron chi connectivity index (χ1n) is 5.54. The molecule has 94 valence electrons. The van der Waals surface area contributed by atoms with Crippen LogP contribution >= 0.6 is 0 Å². The molecule has 1 saturated heterocycles. The quantitative estimate of drug-likeness (QED) is 0.666. The van der Waals surface area contributed by atoms with E-state index in [0.717, 1.165) is 12.4 Å². The van der Waals surface area contributed by atoms with Crippen LogP contribution in [0.15, 0.2) is 24.3 Å². The molecule has 2 N–H and O–H groups in total. The highest BCUT2D eigenvalue weighted by Gasteiger charge is 2.22. The molecule has 0 radical (unpaired) electrons. The molecule has 0 amide bonds. The Hall–Kier alpha value is -1.30. The first kappa shape index (κ1) is 12.2. The fourth-order valence-electron chi connectivity index (χ4n) is 1.23. The third-order valence-electron chi connectivity index (χ3n) is 2.32. The Morgan fingerprint density at radius 3 is 2.35 bits per heavy atom. The first-order valence-corrected chi connectivity index (χ1v) is 5.54. The molecule has 0 saturated carbocycles. The fourth-order valence-corrected chi connectivity index (χ4v) is 1.23. The summed E-state index contributed by atoms with van der Waals surface area (Å²) in [5.74, 6) is 1.39. The summed E-state index contributed by atoms with van der Waals surface area (Å²) >= 11 is 0. The number of benzene rings is 1. The lowest BCUT2D eigenvalue weighted by atomic mass is 10.3. The zero-order valence-corrected chi connectivity index (χ0v) is 9.41. The third kappa shape index (κ3) is 4.22. The molecule has 1 aliphatic rings. The lowest BCUT2D eigenvalue weighted by Gasteiger charge is -2.10. The highest BCUT2D eigenvalue weighted by molar-refractivity contribution is 5.31. The standard InChI is InChI=1S/C12H16O5/c13-5-9(14)6-15-10-1-3-11(4-2-10)16-7-12-8-17-12/h1-4,9,12-14H,5-8H2. The molecule has 1 aromatic rings. The van der Waals surface area contributed by atoms with Gasteiger partial charge in [0.15, 0.2) is 0 Å². The van der Waals surface area contributed by atoms with Crippen molar-refractivity contribution in [1.82, 2.24) is 0 Å². The Morgan fingerprint density at radius 2 is 1.82 bits per heavy atom. The zero-order valence-electron chi connectivity index (χ0n) is 9.41. The number of hydrogen-bond donors (Lipinski definition) is 2. The summed E-state index contributed by atoms with van der Waals surface area (Å²) < 4.78 is 15.8. The van der Waals surface area contributed by atoms with Crippen LogP contribution in [-0.2, 0) is 4.74 Å². The van der Waals surface area contributed by atoms with Gasteiger partial charge in [-0.3, -0.25) is 0 Å². The molecule has 2 unspecified atom stereocenters. The molecular formula is C12H16O5. The number of aliphatic hydroxyl groups is 2. The predicted octanol–water partition coefficient (Wildman–Crippen LogP) is 0.196. The van der Waals surface area contributed by atoms with Crippen LogP contribution in [0, 0.1) is 0 Å². The highest BCUT2D eigenvalue weighted by Crippen LogP contribution is 2.19. The second kappa shape index (κ2) is 5.86. The smallest absolute Gasteiger partial charge is 0.119 e. The van der Waals surface area contributed by atoms with E-state index in [0.29, 0.717) is 12.4 Å². The fraction of sp³-hybridized carbons (Fsp3) is 0.500. The van der Waals surface area contributed by atoms with Gasteiger partial charge in [0.2, 0.25) is 0 Å². The number of aliphatic hydroxyl groups excluding tert-OH is 2. The molecule has 0 aliphatic carbocycles. The van der Waals surface area contributed by atoms with Gasteiger partial charge >= 0.3 is 0 Å². The molecular weight excluding hydrogens is 224 g/mol. The van der Waals surface area contributed by atoms with Gasteiger partial charge in [0.05, 0.1) is 13.2 Å². The van der Waals surface area contributed by atoms with Gasteiger partial charge in [-0.15, -0.1) is 0 Å². The molecule has 0 aromatic heterocycles. The van der Waals surface area contributed by atoms with Crippen LogP contribution in [0.5, 0.6) is 11.5 Å². The van der Waals surface area contributed by atoms with Gasteiger partial charge in [0, 0.05) is 0 Å². The molecule has 0 bridgehead atoms. The van der Waals surface area contributed by atoms with E-state index in [-0.39, 0.29) is 19.3 Å². The molecule has 0 spiro atoms. The number of ether oxygens (including phenoxy) is 3. The van der Waals surface area contributed by atoms with Crippen molar-refractivity contribution in [1.29, 1.82) is 0 Å². The van der Waals surface area contributed by atoms with Crippen LogP contribution < -0.4 is 9.47 Å². The summed E-state index contributed by atoms with van der Waals surface area (Å²) in [5.41, 5.74) is 0. The SMILES string of the molecule is OCC(O)COc1ccc(OCC2CO2)cc1. The highest BCUT2D eigenvalue weighted by atomic mass is 16.6. The Kier molecular flexibility index (Phi) is 4.19. The van der Waals surface area contributed by atoms with Gasteiger partial charge < -0.3 is 24.4 Å². The average Bonchev–Trinajstić information content (AvgIpc) is 3.18. The summed E-state index contributed by atoms with van der Waals surface area (Å²) in [6.45, 7) is 1.12. The molecule has 5 nitrogen and oxygen atoms in total. The van der Waals surface area contributed by atoms with Crippen molar-refractivity contribution in [3.8, 4) is 11.5 Å². The molecule has 2 atom stereocenters. The minimum absolute atomic E-state index is 0.0760. The Bertz CT molecular complexity index is 333. The van der Waals surface area contributed by atoms with E-state index < -0.39 is 6.10 Å². The Morgan fingerprint density at radius 1 is 1.24 bits per heavy atom. The minimum Gasteiger partial charge on any atom is -0.491 e. The van der Waals surface area contributed by atoms with Gasteiger partial charge in [-0.2, -0.15) is 0 Å². The lowest BCUT2D eigenvalue weighted by Crippen LogP contribution is -2.21. The van der Waals surface area contributed by atoms with Crippen molar-refractivity contribution in [2.24, 2.45) is 0 Å². The van der Waals surface area contributed by atoms with Crippen molar-refractivity contribution in [3.05, 3.63) is 24.3 Å². The molecule has 17 heavy (non-hydrogen) atoms. The summed E-state index contributed by atoms with van der Waals surface area (Å²) in [4.78, 5) is 0. The first-order chi connectivity index (χ1) is 8.28. The van der Waals surface area contributed by atoms with Crippen LogP contribution in [0.3, 0.4) is 0 Å². The number of epoxide rings is 1. The van der Waals surface area contributed by atoms with Gasteiger partial charge in [0.1, 0.15) is 36.9 Å². The zero-order chi connectivity index (χ0) is 12.1. The van der Waals surface area contributed by atoms with E-state index in [4.69, 9.17) is 24.4 Å². The average molecular weight is 240 g/mol. The van der Waals surface area contributed by atoms with Crippen LogP contribution in [0.4, 0.5) is 0 Å². The number of rotatable bonds is 7. The largest absolute Gasteiger partial charge is 0.491 e. The molecule has 1 aromatic carbocycles. The molecule has 1 fully saturated rings. The summed E-state index contributed by atoms with van der Waals surface area (Å²) in [7, 11) is 0. The summed E-state index contributed by atoms with van der Waals surface area (Å²) in [6.07, 6.45) is -0.608. The molecule has 1 heterocycles. The van der Waals surface area contributed by atoms with Crippen molar-refractivity contribution in [3.63, 3.8) is 0 Å². The van der Waals surface area contributed by atoms with E-state index in [1.54, 1.807) is 24.3 Å². The predicted molar refractivity (Wildman–Crippen MR) is 60.3 cm³/mol. The van der Waals surface area contributed by atoms with Crippen LogP contribution in [-0.4, -0.2) is 48.8 Å². The van der Waals surface area contributed by atoms with Gasteiger partial charge in [0.25, 0.3) is 0 Å². The van der Waals surface area contributed by atoms with Crippen LogP contribution in [0.2, 0.25) is 0 Å². The molecule has 5 heteroatoms. The van der Waals surface area contributed by atoms with Crippen LogP contribution in [0.25, 0.3) is 0 Å². The lowest BCUT2D eigenvalue weighted by molar-refractivity contribution is 0.0536. The van der Waals surface area contributed by atoms with E-state index >= 15 is 0 Å². The molecule has 1 aliphatic heterocycles. The Labute approximate surface area is 99.5 Å². The van der Waals surface area contributed by atoms with E-state index in [2.05, 4.69) is 0 Å². The number of hydrogen-bond acceptors (Lipinski definition) is 5. The van der Waals surface area contributed by atoms with Crippen LogP contribution in [0.1, 0.15) is 0 Å². The van der Waals surface area contributed by atoms with Gasteiger partial charge in [-0.05, 0) is 24.3 Å². The van der Waals surface area contributed by atoms with E-state index in [9.17, 15) is 0 Å². The summed E-state index contributed by atoms with van der Waals surface area (Å²) in [5, 5.41) is 17.7. The minimum atomic E-state index is -0.849. The second-order valence-electron chi connectivity index (χ2n) is 3.89. The van der Waals surface area contributed by atoms with Crippen molar-refractivity contribution in [2.45, 2.75) is 12.2 Å². The topological polar surface area (TPSA) is 71.5 Å². The Balaban J connectivity index is 1.75. The maximum Gasteiger partial charge on any atom is 0.119 e. The van der Waals surface area contributed by atoms with E-state index in [1.807, 2.05) is 0 Å². The van der Waals surface area contributed by atoms with Crippen molar-refractivity contribution < 1.29 is 24.4 Å². The monoisotopic (exact) mass is 240 g/mol.